The molecule has 2 rings (SSSR count). The van der Waals surface area contributed by atoms with Crippen LogP contribution < -0.4 is 0 Å². The molecular formula is C16H20BrNO3S. The van der Waals surface area contributed by atoms with Gasteiger partial charge in [-0.25, -0.2) is 0 Å². The van der Waals surface area contributed by atoms with E-state index in [0.717, 1.165) is 36.0 Å². The van der Waals surface area contributed by atoms with E-state index in [-0.39, 0.29) is 11.9 Å². The number of hydrogen-bond acceptors (Lipinski definition) is 4. The Labute approximate surface area is 143 Å². The quantitative estimate of drug-likeness (QED) is 0.706. The molecule has 1 aliphatic heterocycles. The number of carbonyl (C=O) groups is 2. The van der Waals surface area contributed by atoms with Crippen LogP contribution in [0.25, 0.3) is 0 Å². The number of methoxy groups -OCH3 is 1. The van der Waals surface area contributed by atoms with Crippen molar-refractivity contribution >= 4 is 39.6 Å². The van der Waals surface area contributed by atoms with Gasteiger partial charge in [0.15, 0.2) is 0 Å². The van der Waals surface area contributed by atoms with Crippen molar-refractivity contribution in [2.24, 2.45) is 0 Å². The predicted octanol–water partition coefficient (Wildman–Crippen LogP) is 2.89. The number of amides is 1. The summed E-state index contributed by atoms with van der Waals surface area (Å²) < 4.78 is 5.69. The third kappa shape index (κ3) is 5.02. The lowest BCUT2D eigenvalue weighted by Gasteiger charge is -2.16. The molecule has 1 aromatic carbocycles. The fraction of sp³-hybridized carbons (Fsp3) is 0.500. The van der Waals surface area contributed by atoms with E-state index >= 15 is 0 Å². The van der Waals surface area contributed by atoms with E-state index in [2.05, 4.69) is 20.7 Å². The van der Waals surface area contributed by atoms with Crippen LogP contribution in [0.5, 0.6) is 0 Å². The highest BCUT2D eigenvalue weighted by molar-refractivity contribution is 9.10. The fourth-order valence-electron chi connectivity index (χ4n) is 2.44. The average Bonchev–Trinajstić information content (AvgIpc) is 3.00. The van der Waals surface area contributed by atoms with E-state index < -0.39 is 0 Å². The zero-order chi connectivity index (χ0) is 15.9. The summed E-state index contributed by atoms with van der Waals surface area (Å²) in [4.78, 5) is 25.3. The topological polar surface area (TPSA) is 46.6 Å². The molecule has 0 bridgehead atoms. The number of ether oxygens (including phenoxy) is 1. The van der Waals surface area contributed by atoms with Gasteiger partial charge in [0.2, 0.25) is 5.91 Å². The largest absolute Gasteiger partial charge is 0.468 e. The third-order valence-electron chi connectivity index (χ3n) is 3.73. The lowest BCUT2D eigenvalue weighted by molar-refractivity contribution is -0.137. The van der Waals surface area contributed by atoms with Gasteiger partial charge >= 0.3 is 5.97 Å². The molecule has 1 aliphatic rings. The van der Waals surface area contributed by atoms with Crippen LogP contribution in [0.4, 0.5) is 0 Å². The first kappa shape index (κ1) is 17.3. The molecule has 0 saturated carbocycles. The van der Waals surface area contributed by atoms with Crippen molar-refractivity contribution < 1.29 is 14.3 Å². The standard InChI is InChI=1S/C16H20BrNO3S/c1-21-16(20)11-22-13-8-9-18(10-13)15(19)7-6-12-4-2-3-5-14(12)17/h2-5,13H,6-11H2,1H3/t13-/m0/s1. The molecule has 1 saturated heterocycles. The van der Waals surface area contributed by atoms with E-state index in [9.17, 15) is 9.59 Å². The Kier molecular flexibility index (Phi) is 6.76. The number of rotatable bonds is 6. The summed E-state index contributed by atoms with van der Waals surface area (Å²) in [5.41, 5.74) is 1.16. The number of thioether (sulfide) groups is 1. The van der Waals surface area contributed by atoms with Gasteiger partial charge in [0, 0.05) is 29.2 Å². The van der Waals surface area contributed by atoms with Gasteiger partial charge in [0.25, 0.3) is 0 Å². The summed E-state index contributed by atoms with van der Waals surface area (Å²) in [6.45, 7) is 1.52. The number of likely N-dealkylation sites (tertiary alicyclic amines) is 1. The van der Waals surface area contributed by atoms with E-state index in [4.69, 9.17) is 0 Å². The highest BCUT2D eigenvalue weighted by Crippen LogP contribution is 2.24. The number of halogens is 1. The second kappa shape index (κ2) is 8.58. The minimum absolute atomic E-state index is 0.192. The fourth-order valence-corrected chi connectivity index (χ4v) is 3.97. The molecule has 0 radical (unpaired) electrons. The summed E-state index contributed by atoms with van der Waals surface area (Å²) in [5.74, 6) is 0.348. The number of carbonyl (C=O) groups excluding carboxylic acids is 2. The van der Waals surface area contributed by atoms with Gasteiger partial charge in [-0.15, -0.1) is 11.8 Å². The average molecular weight is 386 g/mol. The van der Waals surface area contributed by atoms with Crippen LogP contribution in [0.3, 0.4) is 0 Å². The van der Waals surface area contributed by atoms with Crippen LogP contribution in [-0.2, 0) is 20.7 Å². The highest BCUT2D eigenvalue weighted by atomic mass is 79.9. The lowest BCUT2D eigenvalue weighted by atomic mass is 10.1. The predicted molar refractivity (Wildman–Crippen MR) is 91.9 cm³/mol. The molecule has 0 unspecified atom stereocenters. The molecule has 1 amide bonds. The van der Waals surface area contributed by atoms with E-state index in [0.29, 0.717) is 17.4 Å². The molecule has 6 heteroatoms. The van der Waals surface area contributed by atoms with Gasteiger partial charge in [0.1, 0.15) is 0 Å². The summed E-state index contributed by atoms with van der Waals surface area (Å²) in [6.07, 6.45) is 2.22. The maximum atomic E-state index is 12.3. The van der Waals surface area contributed by atoms with Crippen LogP contribution in [0.1, 0.15) is 18.4 Å². The maximum Gasteiger partial charge on any atom is 0.315 e. The Balaban J connectivity index is 1.75. The smallest absolute Gasteiger partial charge is 0.315 e. The van der Waals surface area contributed by atoms with Crippen LogP contribution in [-0.4, -0.2) is 48.0 Å². The number of aryl methyl sites for hydroxylation is 1. The molecule has 0 spiro atoms. The summed E-state index contributed by atoms with van der Waals surface area (Å²) in [6, 6.07) is 7.99. The van der Waals surface area contributed by atoms with Crippen LogP contribution in [0.2, 0.25) is 0 Å². The number of nitrogens with zero attached hydrogens (tertiary/aromatic N) is 1. The first-order valence-electron chi connectivity index (χ1n) is 7.29. The van der Waals surface area contributed by atoms with Crippen molar-refractivity contribution in [1.82, 2.24) is 4.90 Å². The number of benzene rings is 1. The maximum absolute atomic E-state index is 12.3. The van der Waals surface area contributed by atoms with E-state index in [1.165, 1.54) is 7.11 Å². The minimum Gasteiger partial charge on any atom is -0.468 e. The number of hydrogen-bond donors (Lipinski definition) is 0. The van der Waals surface area contributed by atoms with E-state index in [1.54, 1.807) is 11.8 Å². The zero-order valence-electron chi connectivity index (χ0n) is 12.6. The van der Waals surface area contributed by atoms with Gasteiger partial charge in [-0.1, -0.05) is 34.1 Å². The van der Waals surface area contributed by atoms with Gasteiger partial charge in [-0.05, 0) is 24.5 Å². The monoisotopic (exact) mass is 385 g/mol. The zero-order valence-corrected chi connectivity index (χ0v) is 15.0. The van der Waals surface area contributed by atoms with Crippen molar-refractivity contribution in [3.05, 3.63) is 34.3 Å². The second-order valence-electron chi connectivity index (χ2n) is 5.23. The van der Waals surface area contributed by atoms with Crippen molar-refractivity contribution in [2.75, 3.05) is 26.0 Å². The van der Waals surface area contributed by atoms with Crippen LogP contribution in [0, 0.1) is 0 Å². The third-order valence-corrected chi connectivity index (χ3v) is 5.76. The molecule has 120 valence electrons. The van der Waals surface area contributed by atoms with Crippen molar-refractivity contribution in [3.63, 3.8) is 0 Å². The van der Waals surface area contributed by atoms with Crippen molar-refractivity contribution in [3.8, 4) is 0 Å². The Hall–Kier alpha value is -1.01. The molecule has 1 atom stereocenters. The Morgan fingerprint density at radius 2 is 2.18 bits per heavy atom. The Bertz CT molecular complexity index is 538. The van der Waals surface area contributed by atoms with Crippen molar-refractivity contribution in [1.29, 1.82) is 0 Å². The van der Waals surface area contributed by atoms with Crippen LogP contribution in [0.15, 0.2) is 28.7 Å². The van der Waals surface area contributed by atoms with Crippen molar-refractivity contribution in [2.45, 2.75) is 24.5 Å². The van der Waals surface area contributed by atoms with Gasteiger partial charge < -0.3 is 9.64 Å². The summed E-state index contributed by atoms with van der Waals surface area (Å²) in [7, 11) is 1.40. The van der Waals surface area contributed by atoms with Gasteiger partial charge in [0.05, 0.1) is 12.9 Å². The first-order chi connectivity index (χ1) is 10.6. The molecule has 1 aromatic rings. The van der Waals surface area contributed by atoms with Crippen LogP contribution >= 0.6 is 27.7 Å². The van der Waals surface area contributed by atoms with Gasteiger partial charge in [-0.2, -0.15) is 0 Å². The minimum atomic E-state index is -0.205. The number of esters is 1. The Morgan fingerprint density at radius 3 is 2.91 bits per heavy atom. The van der Waals surface area contributed by atoms with Gasteiger partial charge in [-0.3, -0.25) is 9.59 Å². The summed E-state index contributed by atoms with van der Waals surface area (Å²) in [5, 5.41) is 0.339. The SMILES string of the molecule is COC(=O)CS[C@H]1CCN(C(=O)CCc2ccccc2Br)C1. The molecule has 0 aromatic heterocycles. The second-order valence-corrected chi connectivity index (χ2v) is 7.37. The molecule has 1 fully saturated rings. The molecular weight excluding hydrogens is 366 g/mol. The lowest BCUT2D eigenvalue weighted by Crippen LogP contribution is -2.29. The first-order valence-corrected chi connectivity index (χ1v) is 9.14. The molecule has 4 nitrogen and oxygen atoms in total. The highest BCUT2D eigenvalue weighted by Gasteiger charge is 2.26. The van der Waals surface area contributed by atoms with E-state index in [1.807, 2.05) is 29.2 Å². The molecule has 22 heavy (non-hydrogen) atoms. The molecule has 0 aliphatic carbocycles. The summed E-state index contributed by atoms with van der Waals surface area (Å²) >= 11 is 5.09. The normalized spacial score (nSPS) is 17.5. The Morgan fingerprint density at radius 1 is 1.41 bits per heavy atom. The molecule has 0 N–H and O–H groups in total. The molecule has 1 heterocycles.